The summed E-state index contributed by atoms with van der Waals surface area (Å²) < 4.78 is 12.1. The molecule has 7 atom stereocenters. The number of rotatable bonds is 0. The fraction of sp³-hybridized carbons (Fsp3) is 1.00. The van der Waals surface area contributed by atoms with Crippen LogP contribution in [0.3, 0.4) is 0 Å². The summed E-state index contributed by atoms with van der Waals surface area (Å²) in [6, 6.07) is 0. The molecule has 0 aromatic heterocycles. The van der Waals surface area contributed by atoms with E-state index in [1.807, 2.05) is 0 Å². The molecule has 1 N–H and O–H groups in total. The lowest BCUT2D eigenvalue weighted by Crippen LogP contribution is -2.56. The smallest absolute Gasteiger partial charge is 0.168 e. The van der Waals surface area contributed by atoms with Gasteiger partial charge in [0.25, 0.3) is 0 Å². The van der Waals surface area contributed by atoms with Crippen molar-refractivity contribution in [3.63, 3.8) is 0 Å². The zero-order chi connectivity index (χ0) is 16.6. The third kappa shape index (κ3) is 2.01. The van der Waals surface area contributed by atoms with E-state index < -0.39 is 0 Å². The second-order valence-electron chi connectivity index (χ2n) is 10.1. The van der Waals surface area contributed by atoms with Gasteiger partial charge in [-0.1, -0.05) is 13.8 Å². The fourth-order valence-electron chi connectivity index (χ4n) is 7.93. The van der Waals surface area contributed by atoms with Crippen LogP contribution < -0.4 is 0 Å². The van der Waals surface area contributed by atoms with E-state index in [2.05, 4.69) is 13.8 Å². The molecule has 0 aromatic rings. The fourth-order valence-corrected chi connectivity index (χ4v) is 7.93. The van der Waals surface area contributed by atoms with Crippen molar-refractivity contribution in [2.24, 2.45) is 34.5 Å². The SMILES string of the molecule is C[C@]12CCC3(C[C@H]1CC[C@@H]1[C@@H]2CC[C@]2(C)[C@@H](O)CC[C@@H]12)OCCO3. The van der Waals surface area contributed by atoms with Crippen molar-refractivity contribution in [3.05, 3.63) is 0 Å². The zero-order valence-electron chi connectivity index (χ0n) is 15.4. The molecule has 24 heavy (non-hydrogen) atoms. The summed E-state index contributed by atoms with van der Waals surface area (Å²) in [5.41, 5.74) is 0.677. The Morgan fingerprint density at radius 1 is 0.792 bits per heavy atom. The Morgan fingerprint density at radius 2 is 1.54 bits per heavy atom. The lowest BCUT2D eigenvalue weighted by Gasteiger charge is -2.61. The highest BCUT2D eigenvalue weighted by Gasteiger charge is 2.61. The molecular weight excluding hydrogens is 300 g/mol. The highest BCUT2D eigenvalue weighted by atomic mass is 16.7. The molecule has 1 heterocycles. The first kappa shape index (κ1) is 16.1. The van der Waals surface area contributed by atoms with E-state index in [9.17, 15) is 5.11 Å². The van der Waals surface area contributed by atoms with E-state index in [1.54, 1.807) is 0 Å². The van der Waals surface area contributed by atoms with Gasteiger partial charge in [0.1, 0.15) is 0 Å². The van der Waals surface area contributed by atoms with Gasteiger partial charge < -0.3 is 14.6 Å². The first-order valence-electron chi connectivity index (χ1n) is 10.4. The molecule has 1 saturated heterocycles. The van der Waals surface area contributed by atoms with Crippen molar-refractivity contribution >= 4 is 0 Å². The van der Waals surface area contributed by atoms with E-state index in [0.29, 0.717) is 5.41 Å². The van der Waals surface area contributed by atoms with Crippen LogP contribution >= 0.6 is 0 Å². The van der Waals surface area contributed by atoms with Gasteiger partial charge in [0.15, 0.2) is 5.79 Å². The second-order valence-corrected chi connectivity index (χ2v) is 10.1. The van der Waals surface area contributed by atoms with Crippen LogP contribution in [-0.2, 0) is 9.47 Å². The van der Waals surface area contributed by atoms with Gasteiger partial charge in [-0.15, -0.1) is 0 Å². The summed E-state index contributed by atoms with van der Waals surface area (Å²) in [6.45, 7) is 6.54. The summed E-state index contributed by atoms with van der Waals surface area (Å²) in [5.74, 6) is 3.00. The Balaban J connectivity index is 1.41. The van der Waals surface area contributed by atoms with Crippen molar-refractivity contribution < 1.29 is 14.6 Å². The maximum atomic E-state index is 10.6. The molecule has 136 valence electrons. The minimum atomic E-state index is -0.232. The van der Waals surface area contributed by atoms with Gasteiger partial charge in [0.2, 0.25) is 0 Å². The van der Waals surface area contributed by atoms with Crippen LogP contribution in [0, 0.1) is 34.5 Å². The normalized spacial score (nSPS) is 55.9. The predicted molar refractivity (Wildman–Crippen MR) is 92.4 cm³/mol. The Morgan fingerprint density at radius 3 is 2.33 bits per heavy atom. The predicted octanol–water partition coefficient (Wildman–Crippen LogP) is 4.13. The molecule has 5 fully saturated rings. The summed E-state index contributed by atoms with van der Waals surface area (Å²) in [5, 5.41) is 10.6. The second kappa shape index (κ2) is 5.20. The maximum Gasteiger partial charge on any atom is 0.168 e. The van der Waals surface area contributed by atoms with Crippen LogP contribution in [0.2, 0.25) is 0 Å². The lowest BCUT2D eigenvalue weighted by molar-refractivity contribution is -0.230. The van der Waals surface area contributed by atoms with Crippen LogP contribution in [0.25, 0.3) is 0 Å². The maximum absolute atomic E-state index is 10.6. The topological polar surface area (TPSA) is 38.7 Å². The molecule has 0 unspecified atom stereocenters. The first-order valence-corrected chi connectivity index (χ1v) is 10.4. The van der Waals surface area contributed by atoms with Gasteiger partial charge in [0, 0.05) is 12.8 Å². The van der Waals surface area contributed by atoms with Crippen LogP contribution in [0.4, 0.5) is 0 Å². The van der Waals surface area contributed by atoms with Gasteiger partial charge in [-0.05, 0) is 79.4 Å². The van der Waals surface area contributed by atoms with E-state index in [1.165, 1.54) is 38.5 Å². The Bertz CT molecular complexity index is 513. The molecule has 0 amide bonds. The molecule has 1 aliphatic heterocycles. The highest BCUT2D eigenvalue weighted by Crippen LogP contribution is 2.67. The molecule has 5 aliphatic rings. The highest BCUT2D eigenvalue weighted by molar-refractivity contribution is 5.10. The van der Waals surface area contributed by atoms with Crippen LogP contribution in [0.15, 0.2) is 0 Å². The number of hydrogen-bond donors (Lipinski definition) is 1. The van der Waals surface area contributed by atoms with Crippen LogP contribution in [0.5, 0.6) is 0 Å². The van der Waals surface area contributed by atoms with Gasteiger partial charge >= 0.3 is 0 Å². The van der Waals surface area contributed by atoms with Gasteiger partial charge in [-0.3, -0.25) is 0 Å². The molecule has 4 saturated carbocycles. The van der Waals surface area contributed by atoms with Gasteiger partial charge in [0.05, 0.1) is 19.3 Å². The van der Waals surface area contributed by atoms with Crippen molar-refractivity contribution in [1.29, 1.82) is 0 Å². The molecule has 3 nitrogen and oxygen atoms in total. The largest absolute Gasteiger partial charge is 0.393 e. The van der Waals surface area contributed by atoms with Crippen molar-refractivity contribution in [2.45, 2.75) is 83.5 Å². The minimum absolute atomic E-state index is 0.0520. The average molecular weight is 335 g/mol. The van der Waals surface area contributed by atoms with E-state index in [0.717, 1.165) is 56.1 Å². The Hall–Kier alpha value is -0.120. The van der Waals surface area contributed by atoms with Crippen molar-refractivity contribution in [1.82, 2.24) is 0 Å². The van der Waals surface area contributed by atoms with E-state index >= 15 is 0 Å². The molecule has 1 spiro atoms. The lowest BCUT2D eigenvalue weighted by atomic mass is 9.45. The monoisotopic (exact) mass is 334 g/mol. The summed E-state index contributed by atoms with van der Waals surface area (Å²) in [4.78, 5) is 0. The third-order valence-electron chi connectivity index (χ3n) is 9.43. The quantitative estimate of drug-likeness (QED) is 0.724. The zero-order valence-corrected chi connectivity index (χ0v) is 15.4. The first-order chi connectivity index (χ1) is 11.5. The van der Waals surface area contributed by atoms with Crippen LogP contribution in [-0.4, -0.2) is 30.2 Å². The summed E-state index contributed by atoms with van der Waals surface area (Å²) >= 11 is 0. The standard InChI is InChI=1S/C21H34O3/c1-19-9-10-21(23-11-12-24-21)13-14(19)3-4-15-16-5-6-18(22)20(16,2)8-7-17(15)19/h14-18,22H,3-13H2,1-2H3/t14-,15+,16+,17+,18+,19+,20+/m1/s1. The van der Waals surface area contributed by atoms with Crippen molar-refractivity contribution in [2.75, 3.05) is 13.2 Å². The van der Waals surface area contributed by atoms with Gasteiger partial charge in [-0.2, -0.15) is 0 Å². The molecule has 0 radical (unpaired) electrons. The summed E-state index contributed by atoms with van der Waals surface area (Å²) in [6.07, 6.45) is 11.0. The van der Waals surface area contributed by atoms with Gasteiger partial charge in [-0.25, -0.2) is 0 Å². The third-order valence-corrected chi connectivity index (χ3v) is 9.43. The van der Waals surface area contributed by atoms with E-state index in [-0.39, 0.29) is 17.3 Å². The van der Waals surface area contributed by atoms with Crippen molar-refractivity contribution in [3.8, 4) is 0 Å². The number of fused-ring (bicyclic) bond motifs is 5. The Labute approximate surface area is 146 Å². The molecule has 4 aliphatic carbocycles. The molecule has 0 bridgehead atoms. The summed E-state index contributed by atoms with van der Waals surface area (Å²) in [7, 11) is 0. The number of aliphatic hydroxyl groups excluding tert-OH is 1. The van der Waals surface area contributed by atoms with Crippen LogP contribution in [0.1, 0.15) is 71.6 Å². The number of hydrogen-bond acceptors (Lipinski definition) is 3. The average Bonchev–Trinajstić information content (AvgIpc) is 3.14. The van der Waals surface area contributed by atoms with E-state index in [4.69, 9.17) is 9.47 Å². The molecule has 5 rings (SSSR count). The number of ether oxygens (including phenoxy) is 2. The molecule has 3 heteroatoms. The Kier molecular flexibility index (Phi) is 3.49. The minimum Gasteiger partial charge on any atom is -0.393 e. The molecular formula is C21H34O3. The molecule has 0 aromatic carbocycles. The number of aliphatic hydroxyl groups is 1.